The maximum Gasteiger partial charge on any atom is 0.343 e. The zero-order valence-corrected chi connectivity index (χ0v) is 26.4. The van der Waals surface area contributed by atoms with E-state index in [1.165, 1.54) is 69.4 Å². The maximum absolute atomic E-state index is 12.8. The molecule has 240 valence electrons. The standard InChI is InChI=1S/C37H44O8/c1-4-6-7-8-9-10-11-14-28-15-20-32(21-16-28)44-37(40)30-19-24-33(34(27-30)41-3)45-36(39)29-17-22-31(23-18-29)42-25-12-13-26-43-35(38)5-2/h5,15-24,27H,2,4,6-14,25-26H2,1,3H3. The van der Waals surface area contributed by atoms with Crippen molar-refractivity contribution in [2.24, 2.45) is 0 Å². The molecule has 0 saturated carbocycles. The number of ether oxygens (including phenoxy) is 5. The molecule has 3 rings (SSSR count). The van der Waals surface area contributed by atoms with Gasteiger partial charge in [0.1, 0.15) is 11.5 Å². The molecular weight excluding hydrogens is 572 g/mol. The van der Waals surface area contributed by atoms with Gasteiger partial charge in [0.05, 0.1) is 31.5 Å². The van der Waals surface area contributed by atoms with Crippen LogP contribution in [-0.2, 0) is 16.0 Å². The molecule has 0 aromatic heterocycles. The molecule has 0 radical (unpaired) electrons. The summed E-state index contributed by atoms with van der Waals surface area (Å²) in [6.45, 7) is 6.32. The number of rotatable bonds is 20. The Morgan fingerprint density at radius 2 is 1.29 bits per heavy atom. The monoisotopic (exact) mass is 616 g/mol. The van der Waals surface area contributed by atoms with Crippen LogP contribution in [0, 0.1) is 0 Å². The van der Waals surface area contributed by atoms with Crippen LogP contribution in [-0.4, -0.2) is 38.2 Å². The summed E-state index contributed by atoms with van der Waals surface area (Å²) < 4.78 is 27.1. The van der Waals surface area contributed by atoms with Gasteiger partial charge in [0, 0.05) is 6.08 Å². The largest absolute Gasteiger partial charge is 0.494 e. The first-order valence-corrected chi connectivity index (χ1v) is 15.7. The summed E-state index contributed by atoms with van der Waals surface area (Å²) in [6, 6.07) is 18.7. The van der Waals surface area contributed by atoms with E-state index in [1.807, 2.05) is 24.3 Å². The molecule has 0 atom stereocenters. The van der Waals surface area contributed by atoms with E-state index in [9.17, 15) is 14.4 Å². The molecule has 0 bridgehead atoms. The van der Waals surface area contributed by atoms with Crippen LogP contribution in [0.4, 0.5) is 0 Å². The van der Waals surface area contributed by atoms with E-state index in [0.717, 1.165) is 18.9 Å². The molecule has 0 fully saturated rings. The predicted octanol–water partition coefficient (Wildman–Crippen LogP) is 8.31. The lowest BCUT2D eigenvalue weighted by Gasteiger charge is -2.12. The Balaban J connectivity index is 1.46. The predicted molar refractivity (Wildman–Crippen MR) is 173 cm³/mol. The van der Waals surface area contributed by atoms with Crippen molar-refractivity contribution in [1.29, 1.82) is 0 Å². The van der Waals surface area contributed by atoms with Gasteiger partial charge in [-0.2, -0.15) is 0 Å². The molecule has 0 heterocycles. The average Bonchev–Trinajstić information content (AvgIpc) is 3.06. The molecule has 0 aliphatic rings. The Hall–Kier alpha value is -4.59. The van der Waals surface area contributed by atoms with Crippen molar-refractivity contribution in [1.82, 2.24) is 0 Å². The highest BCUT2D eigenvalue weighted by atomic mass is 16.6. The van der Waals surface area contributed by atoms with Crippen molar-refractivity contribution in [2.45, 2.75) is 71.1 Å². The number of benzene rings is 3. The van der Waals surface area contributed by atoms with Crippen LogP contribution in [0.3, 0.4) is 0 Å². The lowest BCUT2D eigenvalue weighted by molar-refractivity contribution is -0.137. The summed E-state index contributed by atoms with van der Waals surface area (Å²) >= 11 is 0. The molecule has 3 aromatic carbocycles. The van der Waals surface area contributed by atoms with E-state index in [4.69, 9.17) is 23.7 Å². The molecule has 8 heteroatoms. The maximum atomic E-state index is 12.8. The number of aryl methyl sites for hydroxylation is 1. The van der Waals surface area contributed by atoms with E-state index >= 15 is 0 Å². The Kier molecular flexibility index (Phi) is 15.2. The number of methoxy groups -OCH3 is 1. The normalized spacial score (nSPS) is 10.5. The Morgan fingerprint density at radius 1 is 0.667 bits per heavy atom. The number of hydrogen-bond donors (Lipinski definition) is 0. The first-order chi connectivity index (χ1) is 21.9. The highest BCUT2D eigenvalue weighted by Crippen LogP contribution is 2.30. The second-order valence-corrected chi connectivity index (χ2v) is 10.6. The number of esters is 3. The SMILES string of the molecule is C=CC(=O)OCCCCOc1ccc(C(=O)Oc2ccc(C(=O)Oc3ccc(CCCCCCCCC)cc3)cc2OC)cc1. The van der Waals surface area contributed by atoms with Crippen molar-refractivity contribution in [2.75, 3.05) is 20.3 Å². The number of unbranched alkanes of at least 4 members (excludes halogenated alkanes) is 7. The van der Waals surface area contributed by atoms with E-state index in [2.05, 4.69) is 13.5 Å². The van der Waals surface area contributed by atoms with Gasteiger partial charge in [-0.3, -0.25) is 0 Å². The summed E-state index contributed by atoms with van der Waals surface area (Å²) in [5.74, 6) is -0.125. The van der Waals surface area contributed by atoms with Crippen LogP contribution >= 0.6 is 0 Å². The summed E-state index contributed by atoms with van der Waals surface area (Å²) in [5.41, 5.74) is 1.80. The summed E-state index contributed by atoms with van der Waals surface area (Å²) in [5, 5.41) is 0. The fourth-order valence-corrected chi connectivity index (χ4v) is 4.53. The lowest BCUT2D eigenvalue weighted by atomic mass is 10.0. The third-order valence-electron chi connectivity index (χ3n) is 7.11. The molecule has 0 saturated heterocycles. The van der Waals surface area contributed by atoms with Crippen molar-refractivity contribution in [3.05, 3.63) is 96.1 Å². The van der Waals surface area contributed by atoms with Crippen LogP contribution in [0.2, 0.25) is 0 Å². The minimum absolute atomic E-state index is 0.172. The van der Waals surface area contributed by atoms with Gasteiger partial charge < -0.3 is 23.7 Å². The van der Waals surface area contributed by atoms with Gasteiger partial charge >= 0.3 is 17.9 Å². The van der Waals surface area contributed by atoms with Gasteiger partial charge in [-0.1, -0.05) is 64.2 Å². The van der Waals surface area contributed by atoms with Gasteiger partial charge in [0.25, 0.3) is 0 Å². The van der Waals surface area contributed by atoms with Crippen LogP contribution in [0.15, 0.2) is 79.4 Å². The van der Waals surface area contributed by atoms with Crippen molar-refractivity contribution >= 4 is 17.9 Å². The molecular formula is C37H44O8. The van der Waals surface area contributed by atoms with E-state index in [0.29, 0.717) is 43.1 Å². The van der Waals surface area contributed by atoms with E-state index in [-0.39, 0.29) is 17.1 Å². The Bertz CT molecular complexity index is 1360. The van der Waals surface area contributed by atoms with Gasteiger partial charge in [-0.25, -0.2) is 14.4 Å². The highest BCUT2D eigenvalue weighted by molar-refractivity contribution is 5.93. The molecule has 0 aliphatic carbocycles. The molecule has 0 amide bonds. The first kappa shape index (κ1) is 34.9. The molecule has 0 aliphatic heterocycles. The van der Waals surface area contributed by atoms with Crippen LogP contribution in [0.25, 0.3) is 0 Å². The van der Waals surface area contributed by atoms with Crippen LogP contribution < -0.4 is 18.9 Å². The molecule has 3 aromatic rings. The van der Waals surface area contributed by atoms with Gasteiger partial charge in [-0.05, 0) is 85.8 Å². The first-order valence-electron chi connectivity index (χ1n) is 15.7. The Morgan fingerprint density at radius 3 is 1.98 bits per heavy atom. The van der Waals surface area contributed by atoms with Gasteiger partial charge in [0.2, 0.25) is 0 Å². The summed E-state index contributed by atoms with van der Waals surface area (Å²) in [6.07, 6.45) is 12.4. The molecule has 0 spiro atoms. The van der Waals surface area contributed by atoms with Crippen molar-refractivity contribution in [3.8, 4) is 23.0 Å². The van der Waals surface area contributed by atoms with E-state index < -0.39 is 17.9 Å². The average molecular weight is 617 g/mol. The van der Waals surface area contributed by atoms with Crippen molar-refractivity contribution in [3.63, 3.8) is 0 Å². The summed E-state index contributed by atoms with van der Waals surface area (Å²) in [7, 11) is 1.43. The zero-order chi connectivity index (χ0) is 32.3. The fourth-order valence-electron chi connectivity index (χ4n) is 4.53. The number of hydrogen-bond acceptors (Lipinski definition) is 8. The van der Waals surface area contributed by atoms with Crippen molar-refractivity contribution < 1.29 is 38.1 Å². The molecule has 45 heavy (non-hydrogen) atoms. The van der Waals surface area contributed by atoms with Gasteiger partial charge in [0.15, 0.2) is 11.5 Å². The fraction of sp³-hybridized carbons (Fsp3) is 0.378. The smallest absolute Gasteiger partial charge is 0.343 e. The lowest BCUT2D eigenvalue weighted by Crippen LogP contribution is -2.11. The van der Waals surface area contributed by atoms with Crippen LogP contribution in [0.1, 0.15) is 91.0 Å². The molecule has 0 N–H and O–H groups in total. The minimum Gasteiger partial charge on any atom is -0.494 e. The second-order valence-electron chi connectivity index (χ2n) is 10.6. The second kappa shape index (κ2) is 19.6. The summed E-state index contributed by atoms with van der Waals surface area (Å²) in [4.78, 5) is 36.6. The quantitative estimate of drug-likeness (QED) is 0.0541. The van der Waals surface area contributed by atoms with E-state index in [1.54, 1.807) is 24.3 Å². The minimum atomic E-state index is -0.587. The number of carbonyl (C=O) groups excluding carboxylic acids is 3. The third-order valence-corrected chi connectivity index (χ3v) is 7.11. The third kappa shape index (κ3) is 12.5. The topological polar surface area (TPSA) is 97.4 Å². The Labute approximate surface area is 266 Å². The molecule has 0 unspecified atom stereocenters. The highest BCUT2D eigenvalue weighted by Gasteiger charge is 2.17. The number of carbonyl (C=O) groups is 3. The van der Waals surface area contributed by atoms with Crippen LogP contribution in [0.5, 0.6) is 23.0 Å². The molecule has 8 nitrogen and oxygen atoms in total. The zero-order valence-electron chi connectivity index (χ0n) is 26.4. The van der Waals surface area contributed by atoms with Gasteiger partial charge in [-0.15, -0.1) is 0 Å².